The van der Waals surface area contributed by atoms with Gasteiger partial charge in [-0.25, -0.2) is 8.42 Å². The maximum atomic E-state index is 12.9. The Kier molecular flexibility index (Phi) is 8.21. The molecule has 37 heavy (non-hydrogen) atoms. The molecule has 1 aromatic heterocycles. The van der Waals surface area contributed by atoms with E-state index in [9.17, 15) is 13.5 Å². The highest BCUT2D eigenvalue weighted by molar-refractivity contribution is 14.1. The molecule has 198 valence electrons. The minimum Gasteiger partial charge on any atom is -0.494 e. The zero-order valence-corrected chi connectivity index (χ0v) is 24.2. The van der Waals surface area contributed by atoms with Crippen LogP contribution in [0.4, 0.5) is 34.6 Å². The second kappa shape index (κ2) is 11.1. The summed E-state index contributed by atoms with van der Waals surface area (Å²) in [5.74, 6) is 0.850. The third-order valence-electron chi connectivity index (χ3n) is 5.99. The van der Waals surface area contributed by atoms with Crippen molar-refractivity contribution in [1.82, 2.24) is 9.97 Å². The van der Waals surface area contributed by atoms with Crippen LogP contribution in [0.25, 0.3) is 0 Å². The first-order valence-electron chi connectivity index (χ1n) is 11.5. The predicted molar refractivity (Wildman–Crippen MR) is 156 cm³/mol. The van der Waals surface area contributed by atoms with Crippen LogP contribution in [-0.2, 0) is 9.84 Å². The molecule has 0 radical (unpaired) electrons. The topological polar surface area (TPSA) is 143 Å². The summed E-state index contributed by atoms with van der Waals surface area (Å²) >= 11 is 8.62. The standard InChI is InChI=1S/C24H28ClIN6O4S/c1-13(2)37(34,35)19-7-5-4-6-16(19)28-23-20(25)22(27)30-24(31-23)29-15-9-8-14(12-18(15)36-3)32-11-10-17(33)21(32)26/h4-9,12-13,17,21,33H,10-11H2,1-3H3,(H4,27,28,29,30,31). The Morgan fingerprint density at radius 3 is 2.57 bits per heavy atom. The third kappa shape index (κ3) is 5.66. The molecule has 0 saturated carbocycles. The van der Waals surface area contributed by atoms with Gasteiger partial charge in [-0.15, -0.1) is 0 Å². The molecule has 4 rings (SSSR count). The third-order valence-corrected chi connectivity index (χ3v) is 10.1. The number of benzene rings is 2. The van der Waals surface area contributed by atoms with Gasteiger partial charge in [-0.3, -0.25) is 0 Å². The number of nitrogens with one attached hydrogen (secondary N) is 2. The number of hydrogen-bond donors (Lipinski definition) is 4. The summed E-state index contributed by atoms with van der Waals surface area (Å²) in [7, 11) is -2.01. The van der Waals surface area contributed by atoms with Gasteiger partial charge in [0.05, 0.1) is 34.7 Å². The number of para-hydroxylation sites is 1. The van der Waals surface area contributed by atoms with Gasteiger partial charge in [-0.05, 0) is 44.5 Å². The lowest BCUT2D eigenvalue weighted by Gasteiger charge is -2.24. The van der Waals surface area contributed by atoms with Crippen molar-refractivity contribution in [1.29, 1.82) is 0 Å². The molecular formula is C24H28ClIN6O4S. The highest BCUT2D eigenvalue weighted by Gasteiger charge is 2.31. The average molecular weight is 659 g/mol. The maximum absolute atomic E-state index is 12.9. The first-order chi connectivity index (χ1) is 17.5. The summed E-state index contributed by atoms with van der Waals surface area (Å²) in [4.78, 5) is 10.9. The van der Waals surface area contributed by atoms with Crippen molar-refractivity contribution in [2.24, 2.45) is 0 Å². The molecule has 0 spiro atoms. The second-order valence-electron chi connectivity index (χ2n) is 8.74. The van der Waals surface area contributed by atoms with E-state index < -0.39 is 15.1 Å². The van der Waals surface area contributed by atoms with Gasteiger partial charge in [-0.1, -0.05) is 46.3 Å². The largest absolute Gasteiger partial charge is 0.494 e. The van der Waals surface area contributed by atoms with Gasteiger partial charge in [0.15, 0.2) is 15.7 Å². The summed E-state index contributed by atoms with van der Waals surface area (Å²) in [6.45, 7) is 3.98. The molecule has 10 nitrogen and oxygen atoms in total. The average Bonchev–Trinajstić information content (AvgIpc) is 3.20. The highest BCUT2D eigenvalue weighted by atomic mass is 127. The number of nitrogens with two attached hydrogens (primary N) is 1. The molecule has 1 fully saturated rings. The van der Waals surface area contributed by atoms with E-state index in [1.807, 2.05) is 18.2 Å². The number of nitrogens with zero attached hydrogens (tertiary/aromatic N) is 3. The van der Waals surface area contributed by atoms with E-state index in [1.54, 1.807) is 39.2 Å². The van der Waals surface area contributed by atoms with Crippen LogP contribution in [0.3, 0.4) is 0 Å². The smallest absolute Gasteiger partial charge is 0.231 e. The lowest BCUT2D eigenvalue weighted by Crippen LogP contribution is -2.29. The normalized spacial score (nSPS) is 17.8. The molecule has 0 amide bonds. The molecule has 3 aromatic rings. The van der Waals surface area contributed by atoms with Gasteiger partial charge < -0.3 is 31.1 Å². The number of anilines is 6. The number of sulfone groups is 1. The van der Waals surface area contributed by atoms with Crippen LogP contribution in [0.1, 0.15) is 20.3 Å². The van der Waals surface area contributed by atoms with Crippen LogP contribution in [-0.4, -0.2) is 52.5 Å². The summed E-state index contributed by atoms with van der Waals surface area (Å²) in [5, 5.41) is 15.7. The summed E-state index contributed by atoms with van der Waals surface area (Å²) in [6, 6.07) is 12.1. The zero-order chi connectivity index (χ0) is 26.9. The Morgan fingerprint density at radius 2 is 1.92 bits per heavy atom. The Labute approximate surface area is 234 Å². The van der Waals surface area contributed by atoms with Gasteiger partial charge in [0, 0.05) is 18.3 Å². The van der Waals surface area contributed by atoms with Crippen LogP contribution in [0.5, 0.6) is 5.75 Å². The fraction of sp³-hybridized carbons (Fsp3) is 0.333. The van der Waals surface area contributed by atoms with Gasteiger partial charge in [0.2, 0.25) is 5.95 Å². The Balaban J connectivity index is 1.65. The van der Waals surface area contributed by atoms with Crippen LogP contribution < -0.4 is 26.0 Å². The van der Waals surface area contributed by atoms with Crippen molar-refractivity contribution >= 4 is 78.7 Å². The summed E-state index contributed by atoms with van der Waals surface area (Å²) in [5.41, 5.74) is 7.89. The Hall–Kier alpha value is -2.55. The molecule has 1 saturated heterocycles. The molecule has 2 aromatic carbocycles. The van der Waals surface area contributed by atoms with E-state index in [4.69, 9.17) is 22.1 Å². The number of aliphatic hydroxyl groups is 1. The van der Waals surface area contributed by atoms with E-state index in [1.165, 1.54) is 6.07 Å². The first-order valence-corrected chi connectivity index (χ1v) is 14.7. The summed E-state index contributed by atoms with van der Waals surface area (Å²) in [6.07, 6.45) is 0.312. The van der Waals surface area contributed by atoms with Crippen molar-refractivity contribution in [3.8, 4) is 5.75 Å². The number of methoxy groups -OCH3 is 1. The summed E-state index contributed by atoms with van der Waals surface area (Å²) < 4.78 is 31.3. The van der Waals surface area contributed by atoms with Gasteiger partial charge >= 0.3 is 0 Å². The fourth-order valence-electron chi connectivity index (χ4n) is 3.90. The number of hydrogen-bond acceptors (Lipinski definition) is 10. The molecule has 13 heteroatoms. The van der Waals surface area contributed by atoms with Crippen molar-refractivity contribution in [2.45, 2.75) is 40.6 Å². The van der Waals surface area contributed by atoms with Crippen molar-refractivity contribution in [3.05, 3.63) is 47.5 Å². The number of halogens is 2. The van der Waals surface area contributed by atoms with E-state index in [2.05, 4.69) is 48.1 Å². The molecule has 1 aliphatic rings. The molecule has 2 heterocycles. The number of alkyl halides is 1. The Morgan fingerprint density at radius 1 is 1.19 bits per heavy atom. The minimum absolute atomic E-state index is 0.0141. The number of aromatic nitrogens is 2. The molecule has 1 aliphatic heterocycles. The maximum Gasteiger partial charge on any atom is 0.231 e. The molecule has 2 unspecified atom stereocenters. The monoisotopic (exact) mass is 658 g/mol. The number of rotatable bonds is 8. The predicted octanol–water partition coefficient (Wildman–Crippen LogP) is 4.72. The van der Waals surface area contributed by atoms with Crippen molar-refractivity contribution in [2.75, 3.05) is 34.9 Å². The van der Waals surface area contributed by atoms with Crippen LogP contribution in [0.15, 0.2) is 47.4 Å². The quantitative estimate of drug-likeness (QED) is 0.153. The fourth-order valence-corrected chi connectivity index (χ4v) is 6.19. The molecule has 0 aliphatic carbocycles. The zero-order valence-electron chi connectivity index (χ0n) is 20.4. The van der Waals surface area contributed by atoms with Crippen molar-refractivity contribution in [3.63, 3.8) is 0 Å². The minimum atomic E-state index is -3.57. The lowest BCUT2D eigenvalue weighted by molar-refractivity contribution is 0.193. The van der Waals surface area contributed by atoms with Crippen LogP contribution in [0.2, 0.25) is 5.02 Å². The van der Waals surface area contributed by atoms with E-state index >= 15 is 0 Å². The molecule has 0 bridgehead atoms. The van der Waals surface area contributed by atoms with Crippen LogP contribution in [0, 0.1) is 0 Å². The van der Waals surface area contributed by atoms with E-state index in [0.29, 0.717) is 23.5 Å². The lowest BCUT2D eigenvalue weighted by atomic mass is 10.2. The molecule has 5 N–H and O–H groups in total. The number of aliphatic hydroxyl groups excluding tert-OH is 1. The van der Waals surface area contributed by atoms with E-state index in [-0.39, 0.29) is 37.7 Å². The number of ether oxygens (including phenoxy) is 1. The van der Waals surface area contributed by atoms with Crippen LogP contribution >= 0.6 is 34.2 Å². The highest BCUT2D eigenvalue weighted by Crippen LogP contribution is 2.37. The van der Waals surface area contributed by atoms with Gasteiger partial charge in [0.1, 0.15) is 20.6 Å². The van der Waals surface area contributed by atoms with Gasteiger partial charge in [-0.2, -0.15) is 9.97 Å². The Bertz CT molecular complexity index is 1410. The second-order valence-corrected chi connectivity index (χ2v) is 12.9. The SMILES string of the molecule is COc1cc(N2CCC(O)C2I)ccc1Nc1nc(N)c(Cl)c(Nc2ccccc2S(=O)(=O)C(C)C)n1. The van der Waals surface area contributed by atoms with Crippen molar-refractivity contribution < 1.29 is 18.3 Å². The first kappa shape index (κ1) is 27.5. The van der Waals surface area contributed by atoms with Gasteiger partial charge in [0.25, 0.3) is 0 Å². The number of nitrogen functional groups attached to an aromatic ring is 1. The molecule has 2 atom stereocenters. The van der Waals surface area contributed by atoms with E-state index in [0.717, 1.165) is 12.2 Å². The molecular weight excluding hydrogens is 631 g/mol.